The summed E-state index contributed by atoms with van der Waals surface area (Å²) in [6, 6.07) is 5.81. The van der Waals surface area contributed by atoms with Crippen LogP contribution in [0.5, 0.6) is 0 Å². The number of halogens is 1. The van der Waals surface area contributed by atoms with E-state index in [2.05, 4.69) is 25.9 Å². The van der Waals surface area contributed by atoms with E-state index >= 15 is 0 Å². The second-order valence-corrected chi connectivity index (χ2v) is 6.24. The highest BCUT2D eigenvalue weighted by Crippen LogP contribution is 2.38. The van der Waals surface area contributed by atoms with E-state index in [1.54, 1.807) is 0 Å². The molecule has 0 spiro atoms. The van der Waals surface area contributed by atoms with Crippen molar-refractivity contribution in [3.63, 3.8) is 0 Å². The van der Waals surface area contributed by atoms with Gasteiger partial charge < -0.3 is 15.2 Å². The molecule has 0 atom stereocenters. The number of hydrogen-bond donors (Lipinski definition) is 3. The van der Waals surface area contributed by atoms with Gasteiger partial charge in [0, 0.05) is 33.8 Å². The van der Waals surface area contributed by atoms with Crippen molar-refractivity contribution < 1.29 is 15.0 Å². The maximum absolute atomic E-state index is 12.4. The molecular weight excluding hydrogens is 348 g/mol. The van der Waals surface area contributed by atoms with Crippen molar-refractivity contribution >= 4 is 44.2 Å². The largest absolute Gasteiger partial charge is 0.503 e. The van der Waals surface area contributed by atoms with Crippen LogP contribution in [-0.2, 0) is 11.2 Å². The fourth-order valence-electron chi connectivity index (χ4n) is 2.94. The number of ketones is 1. The average molecular weight is 359 g/mol. The summed E-state index contributed by atoms with van der Waals surface area (Å²) in [5.74, 6) is -0.807. The number of allylic oxidation sites excluding steroid dienone is 2. The number of H-pyrrole nitrogens is 1. The Morgan fingerprint density at radius 1 is 1.27 bits per heavy atom. The van der Waals surface area contributed by atoms with Gasteiger partial charge in [-0.2, -0.15) is 0 Å². The number of hydrogen-bond acceptors (Lipinski definition) is 3. The molecule has 5 nitrogen and oxygen atoms in total. The average Bonchev–Trinajstić information content (AvgIpc) is 2.75. The summed E-state index contributed by atoms with van der Waals surface area (Å²) in [6.45, 7) is 0. The molecule has 2 aliphatic rings. The van der Waals surface area contributed by atoms with Crippen LogP contribution in [0.4, 0.5) is 0 Å². The van der Waals surface area contributed by atoms with Gasteiger partial charge in [0.2, 0.25) is 0 Å². The number of aromatic nitrogens is 1. The molecule has 22 heavy (non-hydrogen) atoms. The summed E-state index contributed by atoms with van der Waals surface area (Å²) >= 11 is 3.44. The fraction of sp³-hybridized carbons (Fsp3) is 0.125. The van der Waals surface area contributed by atoms with E-state index in [1.807, 2.05) is 18.2 Å². The summed E-state index contributed by atoms with van der Waals surface area (Å²) in [6.07, 6.45) is 1.95. The Balaban J connectivity index is 2.03. The van der Waals surface area contributed by atoms with E-state index < -0.39 is 5.90 Å². The summed E-state index contributed by atoms with van der Waals surface area (Å²) < 4.78 is 0.931. The van der Waals surface area contributed by atoms with E-state index in [0.29, 0.717) is 11.3 Å². The number of aliphatic hydroxyl groups is 2. The van der Waals surface area contributed by atoms with E-state index in [-0.39, 0.29) is 24.4 Å². The Morgan fingerprint density at radius 3 is 2.91 bits per heavy atom. The second-order valence-electron chi connectivity index (χ2n) is 5.32. The lowest BCUT2D eigenvalue weighted by Crippen LogP contribution is -2.14. The first kappa shape index (κ1) is 13.3. The highest BCUT2D eigenvalue weighted by Gasteiger charge is 2.30. The number of Topliss-reactive ketones (excluding diaryl/α,β-unsaturated/α-hetero) is 1. The van der Waals surface area contributed by atoms with Gasteiger partial charge in [-0.1, -0.05) is 15.9 Å². The number of carbonyl (C=O) groups is 1. The van der Waals surface area contributed by atoms with Crippen LogP contribution in [0.1, 0.15) is 17.7 Å². The molecule has 1 aromatic heterocycles. The minimum absolute atomic E-state index is 0.0362. The number of carbonyl (C=O) groups excluding carboxylic acids is 1. The fourth-order valence-corrected chi connectivity index (χ4v) is 3.30. The van der Waals surface area contributed by atoms with Crippen LogP contribution in [0.3, 0.4) is 0 Å². The van der Waals surface area contributed by atoms with Crippen LogP contribution in [0.25, 0.3) is 16.6 Å². The lowest BCUT2D eigenvalue weighted by molar-refractivity contribution is -0.115. The van der Waals surface area contributed by atoms with Gasteiger partial charge in [-0.25, -0.2) is 4.99 Å². The number of rotatable bonds is 0. The van der Waals surface area contributed by atoms with Gasteiger partial charge in [0.05, 0.1) is 11.4 Å². The van der Waals surface area contributed by atoms with Crippen LogP contribution in [0, 0.1) is 0 Å². The first-order valence-corrected chi connectivity index (χ1v) is 7.58. The lowest BCUT2D eigenvalue weighted by atomic mass is 9.90. The zero-order valence-electron chi connectivity index (χ0n) is 11.4. The zero-order valence-corrected chi connectivity index (χ0v) is 12.9. The van der Waals surface area contributed by atoms with E-state index in [4.69, 9.17) is 0 Å². The predicted octanol–water partition coefficient (Wildman–Crippen LogP) is 3.57. The van der Waals surface area contributed by atoms with Gasteiger partial charge >= 0.3 is 0 Å². The molecule has 6 heteroatoms. The molecule has 0 amide bonds. The van der Waals surface area contributed by atoms with Gasteiger partial charge in [-0.3, -0.25) is 4.79 Å². The highest BCUT2D eigenvalue weighted by molar-refractivity contribution is 9.10. The maximum atomic E-state index is 12.4. The van der Waals surface area contributed by atoms with Crippen LogP contribution in [-0.4, -0.2) is 26.9 Å². The Labute approximate surface area is 133 Å². The SMILES string of the molecule is O=C1Cc2c([nH]c3ccc(Br)cc23)C2=C1CC=C(O)C(O)=N2. The topological polar surface area (TPSA) is 85.7 Å². The van der Waals surface area contributed by atoms with Gasteiger partial charge in [0.1, 0.15) is 0 Å². The lowest BCUT2D eigenvalue weighted by Gasteiger charge is -2.15. The van der Waals surface area contributed by atoms with Crippen molar-refractivity contribution in [1.82, 2.24) is 4.98 Å². The van der Waals surface area contributed by atoms with Crippen molar-refractivity contribution in [2.45, 2.75) is 12.8 Å². The second kappa shape index (κ2) is 4.58. The monoisotopic (exact) mass is 358 g/mol. The molecule has 2 aromatic rings. The van der Waals surface area contributed by atoms with Gasteiger partial charge in [-0.15, -0.1) is 0 Å². The Kier molecular flexibility index (Phi) is 2.77. The zero-order chi connectivity index (χ0) is 15.4. The summed E-state index contributed by atoms with van der Waals surface area (Å²) in [5, 5.41) is 20.4. The number of aromatic amines is 1. The molecule has 1 aliphatic heterocycles. The summed E-state index contributed by atoms with van der Waals surface area (Å²) in [7, 11) is 0. The van der Waals surface area contributed by atoms with Crippen molar-refractivity contribution in [2.75, 3.05) is 0 Å². The third-order valence-electron chi connectivity index (χ3n) is 4.01. The molecule has 3 N–H and O–H groups in total. The molecule has 0 fully saturated rings. The van der Waals surface area contributed by atoms with Crippen LogP contribution in [0.15, 0.2) is 45.1 Å². The van der Waals surface area contributed by atoms with E-state index in [9.17, 15) is 15.0 Å². The maximum Gasteiger partial charge on any atom is 0.254 e. The molecule has 1 aromatic carbocycles. The molecule has 0 bridgehead atoms. The number of aliphatic hydroxyl groups excluding tert-OH is 2. The van der Waals surface area contributed by atoms with E-state index in [1.165, 1.54) is 6.08 Å². The molecule has 0 saturated carbocycles. The number of nitrogens with one attached hydrogen (secondary N) is 1. The molecule has 1 aliphatic carbocycles. The molecule has 0 unspecified atom stereocenters. The normalized spacial score (nSPS) is 17.8. The molecular formula is C16H11BrN2O3. The van der Waals surface area contributed by atoms with Gasteiger partial charge in [-0.05, 0) is 29.8 Å². The molecule has 2 heterocycles. The smallest absolute Gasteiger partial charge is 0.254 e. The van der Waals surface area contributed by atoms with Crippen molar-refractivity contribution in [3.05, 3.63) is 51.3 Å². The predicted molar refractivity (Wildman–Crippen MR) is 87.0 cm³/mol. The Hall–Kier alpha value is -2.34. The summed E-state index contributed by atoms with van der Waals surface area (Å²) in [4.78, 5) is 19.8. The van der Waals surface area contributed by atoms with Crippen molar-refractivity contribution in [1.29, 1.82) is 0 Å². The minimum Gasteiger partial charge on any atom is -0.503 e. The van der Waals surface area contributed by atoms with Gasteiger partial charge in [0.15, 0.2) is 11.5 Å². The first-order chi connectivity index (χ1) is 10.5. The van der Waals surface area contributed by atoms with Crippen LogP contribution in [0.2, 0.25) is 0 Å². The summed E-state index contributed by atoms with van der Waals surface area (Å²) in [5.41, 5.74) is 3.44. The molecule has 0 saturated heterocycles. The number of nitrogens with zero attached hydrogens (tertiary/aromatic N) is 1. The third-order valence-corrected chi connectivity index (χ3v) is 4.50. The van der Waals surface area contributed by atoms with Crippen LogP contribution >= 0.6 is 15.9 Å². The number of benzene rings is 1. The van der Waals surface area contributed by atoms with Crippen LogP contribution < -0.4 is 0 Å². The van der Waals surface area contributed by atoms with Gasteiger partial charge in [0.25, 0.3) is 5.90 Å². The van der Waals surface area contributed by atoms with Crippen molar-refractivity contribution in [2.24, 2.45) is 4.99 Å². The molecule has 110 valence electrons. The molecule has 4 rings (SSSR count). The Morgan fingerprint density at radius 2 is 2.09 bits per heavy atom. The molecule has 0 radical (unpaired) electrons. The minimum atomic E-state index is -0.467. The number of fused-ring (bicyclic) bond motifs is 4. The highest BCUT2D eigenvalue weighted by atomic mass is 79.9. The van der Waals surface area contributed by atoms with Crippen molar-refractivity contribution in [3.8, 4) is 0 Å². The standard InChI is InChI=1S/C16H11BrN2O3/c17-7-1-3-11-9(5-7)10-6-13(21)8-2-4-12(20)16(22)19-14(8)15(10)18-11/h1,3-5,18,20H,2,6H2,(H,19,22). The first-order valence-electron chi connectivity index (χ1n) is 6.78. The quantitative estimate of drug-likeness (QED) is 0.672. The third kappa shape index (κ3) is 1.84. The Bertz CT molecular complexity index is 934. The number of aliphatic imine (C=N–C) groups is 1. The van der Waals surface area contributed by atoms with E-state index in [0.717, 1.165) is 26.6 Å².